The predicted molar refractivity (Wildman–Crippen MR) is 84.9 cm³/mol. The third kappa shape index (κ3) is 4.97. The standard InChI is InChI=1S/C15H20N2O3S/c1-21-13-6-5-12(9-13)17-15(20)16-11-4-2-3-10(7-11)8-14(18)19/h2-4,7,12-13H,5-6,8-9H2,1H3,(H,18,19)(H2,16,17,20). The summed E-state index contributed by atoms with van der Waals surface area (Å²) < 4.78 is 0. The Bertz CT molecular complexity index is 521. The molecule has 5 nitrogen and oxygen atoms in total. The molecule has 0 radical (unpaired) electrons. The summed E-state index contributed by atoms with van der Waals surface area (Å²) in [6, 6.07) is 6.92. The highest BCUT2D eigenvalue weighted by Crippen LogP contribution is 2.28. The van der Waals surface area contributed by atoms with Crippen LogP contribution in [0.15, 0.2) is 24.3 Å². The lowest BCUT2D eigenvalue weighted by Crippen LogP contribution is -2.36. The van der Waals surface area contributed by atoms with Gasteiger partial charge < -0.3 is 15.7 Å². The van der Waals surface area contributed by atoms with Crippen LogP contribution in [0.3, 0.4) is 0 Å². The van der Waals surface area contributed by atoms with Gasteiger partial charge in [0.15, 0.2) is 0 Å². The Labute approximate surface area is 128 Å². The topological polar surface area (TPSA) is 78.4 Å². The summed E-state index contributed by atoms with van der Waals surface area (Å²) in [6.45, 7) is 0. The number of anilines is 1. The number of benzene rings is 1. The first-order chi connectivity index (χ1) is 10.1. The van der Waals surface area contributed by atoms with Crippen LogP contribution in [-0.4, -0.2) is 34.7 Å². The Balaban J connectivity index is 1.86. The highest BCUT2D eigenvalue weighted by molar-refractivity contribution is 7.99. The van der Waals surface area contributed by atoms with Crippen molar-refractivity contribution in [2.45, 2.75) is 37.0 Å². The molecule has 0 spiro atoms. The second kappa shape index (κ2) is 7.36. The van der Waals surface area contributed by atoms with E-state index in [1.165, 1.54) is 0 Å². The van der Waals surface area contributed by atoms with Gasteiger partial charge in [0.2, 0.25) is 0 Å². The number of carbonyl (C=O) groups excluding carboxylic acids is 1. The highest BCUT2D eigenvalue weighted by atomic mass is 32.2. The van der Waals surface area contributed by atoms with E-state index in [9.17, 15) is 9.59 Å². The zero-order valence-electron chi connectivity index (χ0n) is 12.0. The average molecular weight is 308 g/mol. The van der Waals surface area contributed by atoms with Gasteiger partial charge in [0.05, 0.1) is 6.42 Å². The largest absolute Gasteiger partial charge is 0.481 e. The Kier molecular flexibility index (Phi) is 5.50. The lowest BCUT2D eigenvalue weighted by molar-refractivity contribution is -0.136. The van der Waals surface area contributed by atoms with Crippen LogP contribution in [0, 0.1) is 0 Å². The molecule has 1 aliphatic rings. The first-order valence-electron chi connectivity index (χ1n) is 6.98. The van der Waals surface area contributed by atoms with Crippen molar-refractivity contribution in [3.63, 3.8) is 0 Å². The zero-order valence-corrected chi connectivity index (χ0v) is 12.8. The van der Waals surface area contributed by atoms with Gasteiger partial charge in [-0.25, -0.2) is 4.79 Å². The molecule has 2 atom stereocenters. The van der Waals surface area contributed by atoms with Crippen molar-refractivity contribution in [1.29, 1.82) is 0 Å². The summed E-state index contributed by atoms with van der Waals surface area (Å²) in [4.78, 5) is 22.6. The van der Waals surface area contributed by atoms with Crippen molar-refractivity contribution >= 4 is 29.4 Å². The van der Waals surface area contributed by atoms with E-state index >= 15 is 0 Å². The van der Waals surface area contributed by atoms with Gasteiger partial charge in [-0.3, -0.25) is 4.79 Å². The normalized spacial score (nSPS) is 21.0. The molecule has 0 heterocycles. The molecule has 1 saturated carbocycles. The maximum atomic E-state index is 12.0. The monoisotopic (exact) mass is 308 g/mol. The summed E-state index contributed by atoms with van der Waals surface area (Å²) in [5.41, 5.74) is 1.29. The lowest BCUT2D eigenvalue weighted by Gasteiger charge is -2.14. The van der Waals surface area contributed by atoms with Gasteiger partial charge in [0.1, 0.15) is 0 Å². The Morgan fingerprint density at radius 1 is 1.38 bits per heavy atom. The van der Waals surface area contributed by atoms with Crippen molar-refractivity contribution < 1.29 is 14.7 Å². The van der Waals surface area contributed by atoms with Crippen LogP contribution in [0.2, 0.25) is 0 Å². The molecule has 3 N–H and O–H groups in total. The zero-order chi connectivity index (χ0) is 15.2. The van der Waals surface area contributed by atoms with Crippen molar-refractivity contribution in [3.05, 3.63) is 29.8 Å². The molecular weight excluding hydrogens is 288 g/mol. The van der Waals surface area contributed by atoms with Gasteiger partial charge in [-0.2, -0.15) is 11.8 Å². The molecule has 6 heteroatoms. The second-order valence-electron chi connectivity index (χ2n) is 5.24. The van der Waals surface area contributed by atoms with Crippen LogP contribution >= 0.6 is 11.8 Å². The number of amides is 2. The number of carboxylic acid groups (broad SMARTS) is 1. The molecule has 1 aromatic carbocycles. The van der Waals surface area contributed by atoms with Crippen LogP contribution in [0.1, 0.15) is 24.8 Å². The SMILES string of the molecule is CSC1CCC(NC(=O)Nc2cccc(CC(=O)O)c2)C1. The van der Waals surface area contributed by atoms with E-state index in [4.69, 9.17) is 5.11 Å². The summed E-state index contributed by atoms with van der Waals surface area (Å²) in [5, 5.41) is 15.1. The summed E-state index contributed by atoms with van der Waals surface area (Å²) in [6.07, 6.45) is 5.21. The van der Waals surface area contributed by atoms with Crippen molar-refractivity contribution in [3.8, 4) is 0 Å². The number of carboxylic acids is 1. The van der Waals surface area contributed by atoms with E-state index in [0.717, 1.165) is 19.3 Å². The molecule has 1 aliphatic carbocycles. The quantitative estimate of drug-likeness (QED) is 0.781. The molecule has 0 bridgehead atoms. The number of nitrogens with one attached hydrogen (secondary N) is 2. The van der Waals surface area contributed by atoms with Crippen LogP contribution in [0.4, 0.5) is 10.5 Å². The molecule has 2 amide bonds. The molecule has 21 heavy (non-hydrogen) atoms. The second-order valence-corrected chi connectivity index (χ2v) is 6.38. The molecule has 1 aromatic rings. The van der Waals surface area contributed by atoms with Gasteiger partial charge in [-0.05, 0) is 43.2 Å². The summed E-state index contributed by atoms with van der Waals surface area (Å²) in [5.74, 6) is -0.884. The number of hydrogen-bond donors (Lipinski definition) is 3. The molecule has 114 valence electrons. The van der Waals surface area contributed by atoms with Gasteiger partial charge in [-0.1, -0.05) is 12.1 Å². The van der Waals surface area contributed by atoms with E-state index in [0.29, 0.717) is 16.5 Å². The fourth-order valence-corrected chi connectivity index (χ4v) is 3.37. The molecule has 1 fully saturated rings. The van der Waals surface area contributed by atoms with E-state index < -0.39 is 5.97 Å². The molecule has 0 saturated heterocycles. The third-order valence-electron chi connectivity index (χ3n) is 3.59. The third-order valence-corrected chi connectivity index (χ3v) is 4.69. The maximum Gasteiger partial charge on any atom is 0.319 e. The first-order valence-corrected chi connectivity index (χ1v) is 8.26. The van der Waals surface area contributed by atoms with Crippen molar-refractivity contribution in [2.75, 3.05) is 11.6 Å². The van der Waals surface area contributed by atoms with Crippen LogP contribution < -0.4 is 10.6 Å². The molecule has 2 rings (SSSR count). The number of rotatable bonds is 5. The number of hydrogen-bond acceptors (Lipinski definition) is 3. The number of aliphatic carboxylic acids is 1. The van der Waals surface area contributed by atoms with Crippen molar-refractivity contribution in [1.82, 2.24) is 5.32 Å². The molecule has 0 aromatic heterocycles. The fraction of sp³-hybridized carbons (Fsp3) is 0.467. The van der Waals surface area contributed by atoms with E-state index in [1.54, 1.807) is 24.3 Å². The van der Waals surface area contributed by atoms with Crippen molar-refractivity contribution in [2.24, 2.45) is 0 Å². The van der Waals surface area contributed by atoms with Crippen LogP contribution in [-0.2, 0) is 11.2 Å². The Morgan fingerprint density at radius 2 is 2.19 bits per heavy atom. The van der Waals surface area contributed by atoms with Gasteiger partial charge in [-0.15, -0.1) is 0 Å². The molecule has 2 unspecified atom stereocenters. The summed E-state index contributed by atoms with van der Waals surface area (Å²) in [7, 11) is 0. The fourth-order valence-electron chi connectivity index (χ4n) is 2.57. The minimum atomic E-state index is -0.884. The Morgan fingerprint density at radius 3 is 2.86 bits per heavy atom. The number of thioether (sulfide) groups is 1. The molecule has 0 aliphatic heterocycles. The van der Waals surface area contributed by atoms with Crippen LogP contribution in [0.5, 0.6) is 0 Å². The first kappa shape index (κ1) is 15.7. The van der Waals surface area contributed by atoms with Gasteiger partial charge >= 0.3 is 12.0 Å². The van der Waals surface area contributed by atoms with Gasteiger partial charge in [0, 0.05) is 17.0 Å². The van der Waals surface area contributed by atoms with Gasteiger partial charge in [0.25, 0.3) is 0 Å². The number of urea groups is 1. The smallest absolute Gasteiger partial charge is 0.319 e. The van der Waals surface area contributed by atoms with E-state index in [2.05, 4.69) is 16.9 Å². The number of carbonyl (C=O) groups is 2. The summed E-state index contributed by atoms with van der Waals surface area (Å²) >= 11 is 1.85. The average Bonchev–Trinajstić information content (AvgIpc) is 2.85. The predicted octanol–water partition coefficient (Wildman–Crippen LogP) is 2.72. The van der Waals surface area contributed by atoms with E-state index in [-0.39, 0.29) is 18.5 Å². The highest BCUT2D eigenvalue weighted by Gasteiger charge is 2.25. The lowest BCUT2D eigenvalue weighted by atomic mass is 10.1. The van der Waals surface area contributed by atoms with Crippen LogP contribution in [0.25, 0.3) is 0 Å². The maximum absolute atomic E-state index is 12.0. The minimum absolute atomic E-state index is 0.0465. The molecular formula is C15H20N2O3S. The van der Waals surface area contributed by atoms with E-state index in [1.807, 2.05) is 11.8 Å². The minimum Gasteiger partial charge on any atom is -0.481 e. The Hall–Kier alpha value is -1.69.